The minimum atomic E-state index is -1.29. The number of likely N-dealkylation sites (N-methyl/N-ethyl adjacent to an activating group) is 1. The quantitative estimate of drug-likeness (QED) is 0.583. The van der Waals surface area contributed by atoms with Crippen LogP contribution in [0, 0.1) is 16.0 Å². The number of rotatable bonds is 6. The summed E-state index contributed by atoms with van der Waals surface area (Å²) in [7, 11) is 1.44. The van der Waals surface area contributed by atoms with Gasteiger partial charge in [0.2, 0.25) is 0 Å². The van der Waals surface area contributed by atoms with Crippen LogP contribution in [0.5, 0.6) is 0 Å². The number of carboxylic acid groups (broad SMARTS) is 1. The van der Waals surface area contributed by atoms with Gasteiger partial charge in [0, 0.05) is 24.7 Å². The second kappa shape index (κ2) is 7.77. The van der Waals surface area contributed by atoms with Crippen LogP contribution < -0.4 is 5.11 Å². The van der Waals surface area contributed by atoms with E-state index in [1.165, 1.54) is 24.1 Å². The standard InChI is InChI=1S/C19H20N2O5/c1-12(2)17(19(23)24)20(3)18(22)15-6-4-13(5-7-15)14-8-10-16(11-9-14)21(25)26/h4-12,17H,1-3H3,(H,23,24)/p-1/t17-/m0/s1. The Kier molecular flexibility index (Phi) is 5.71. The SMILES string of the molecule is CC(C)[C@@H](C(=O)[O-])N(C)C(=O)c1ccc(-c2ccc([N+](=O)[O-])cc2)cc1. The molecule has 0 saturated heterocycles. The number of nitro groups is 1. The molecule has 1 atom stereocenters. The Labute approximate surface area is 151 Å². The molecule has 0 aliphatic rings. The van der Waals surface area contributed by atoms with Crippen LogP contribution in [0.15, 0.2) is 48.5 Å². The van der Waals surface area contributed by atoms with Crippen LogP contribution in [0.25, 0.3) is 11.1 Å². The minimum Gasteiger partial charge on any atom is -0.548 e. The number of carbonyl (C=O) groups is 2. The fourth-order valence-electron chi connectivity index (χ4n) is 2.79. The van der Waals surface area contributed by atoms with E-state index in [2.05, 4.69) is 0 Å². The van der Waals surface area contributed by atoms with Gasteiger partial charge in [-0.15, -0.1) is 0 Å². The second-order valence-corrected chi connectivity index (χ2v) is 6.31. The van der Waals surface area contributed by atoms with Crippen molar-refractivity contribution in [2.75, 3.05) is 7.05 Å². The zero-order valence-electron chi connectivity index (χ0n) is 14.7. The average molecular weight is 355 g/mol. The first kappa shape index (κ1) is 19.1. The minimum absolute atomic E-state index is 0.00387. The lowest BCUT2D eigenvalue weighted by atomic mass is 10.0. The first-order chi connectivity index (χ1) is 12.2. The highest BCUT2D eigenvalue weighted by atomic mass is 16.6. The number of amides is 1. The van der Waals surface area contributed by atoms with Gasteiger partial charge in [0.25, 0.3) is 11.6 Å². The number of aliphatic carboxylic acids is 1. The number of carboxylic acids is 1. The maximum Gasteiger partial charge on any atom is 0.269 e. The van der Waals surface area contributed by atoms with Crippen molar-refractivity contribution in [3.8, 4) is 11.1 Å². The number of nitro benzene ring substituents is 1. The monoisotopic (exact) mass is 355 g/mol. The van der Waals surface area contributed by atoms with E-state index >= 15 is 0 Å². The molecule has 1 amide bonds. The van der Waals surface area contributed by atoms with Gasteiger partial charge in [-0.2, -0.15) is 0 Å². The van der Waals surface area contributed by atoms with Gasteiger partial charge in [-0.3, -0.25) is 14.9 Å². The topological polar surface area (TPSA) is 104 Å². The summed E-state index contributed by atoms with van der Waals surface area (Å²) in [4.78, 5) is 35.2. The van der Waals surface area contributed by atoms with Crippen molar-refractivity contribution >= 4 is 17.6 Å². The van der Waals surface area contributed by atoms with E-state index in [0.29, 0.717) is 5.56 Å². The van der Waals surface area contributed by atoms with Gasteiger partial charge in [0.05, 0.1) is 16.9 Å². The Balaban J connectivity index is 2.21. The normalized spacial score (nSPS) is 11.8. The third kappa shape index (κ3) is 4.05. The lowest BCUT2D eigenvalue weighted by Gasteiger charge is -2.32. The van der Waals surface area contributed by atoms with Crippen molar-refractivity contribution in [2.24, 2.45) is 5.92 Å². The molecule has 0 fully saturated rings. The lowest BCUT2D eigenvalue weighted by molar-refractivity contribution is -0.384. The van der Waals surface area contributed by atoms with Gasteiger partial charge in [0.15, 0.2) is 0 Å². The van der Waals surface area contributed by atoms with Gasteiger partial charge in [-0.05, 0) is 41.3 Å². The highest BCUT2D eigenvalue weighted by molar-refractivity contribution is 5.96. The molecular weight excluding hydrogens is 336 g/mol. The summed E-state index contributed by atoms with van der Waals surface area (Å²) in [5.74, 6) is -1.99. The first-order valence-electron chi connectivity index (χ1n) is 8.05. The molecule has 0 saturated carbocycles. The van der Waals surface area contributed by atoms with E-state index in [1.807, 2.05) is 0 Å². The zero-order valence-corrected chi connectivity index (χ0v) is 14.7. The van der Waals surface area contributed by atoms with Crippen molar-refractivity contribution in [1.29, 1.82) is 0 Å². The molecule has 2 rings (SSSR count). The predicted octanol–water partition coefficient (Wildman–Crippen LogP) is 2.11. The number of benzene rings is 2. The van der Waals surface area contributed by atoms with Crippen LogP contribution >= 0.6 is 0 Å². The average Bonchev–Trinajstić information content (AvgIpc) is 2.60. The Morgan fingerprint density at radius 2 is 1.42 bits per heavy atom. The molecule has 7 heteroatoms. The van der Waals surface area contributed by atoms with E-state index in [1.54, 1.807) is 50.2 Å². The summed E-state index contributed by atoms with van der Waals surface area (Å²) in [6.45, 7) is 3.42. The number of non-ortho nitro benzene ring substituents is 1. The van der Waals surface area contributed by atoms with Gasteiger partial charge in [-0.1, -0.05) is 26.0 Å². The summed E-state index contributed by atoms with van der Waals surface area (Å²) in [6, 6.07) is 11.7. The van der Waals surface area contributed by atoms with E-state index < -0.39 is 22.8 Å². The molecule has 0 heterocycles. The molecule has 136 valence electrons. The molecule has 2 aromatic carbocycles. The second-order valence-electron chi connectivity index (χ2n) is 6.31. The van der Waals surface area contributed by atoms with Crippen molar-refractivity contribution in [2.45, 2.75) is 19.9 Å². The molecule has 0 aliphatic heterocycles. The third-order valence-corrected chi connectivity index (χ3v) is 4.15. The zero-order chi connectivity index (χ0) is 19.4. The third-order valence-electron chi connectivity index (χ3n) is 4.15. The molecule has 26 heavy (non-hydrogen) atoms. The van der Waals surface area contributed by atoms with Crippen molar-refractivity contribution in [3.63, 3.8) is 0 Å². The molecule has 0 aliphatic carbocycles. The summed E-state index contributed by atoms with van der Waals surface area (Å²) < 4.78 is 0. The number of carbonyl (C=O) groups excluding carboxylic acids is 2. The molecule has 0 aromatic heterocycles. The molecule has 0 bridgehead atoms. The van der Waals surface area contributed by atoms with Crippen LogP contribution in [-0.4, -0.2) is 34.8 Å². The van der Waals surface area contributed by atoms with Gasteiger partial charge >= 0.3 is 0 Å². The van der Waals surface area contributed by atoms with E-state index in [0.717, 1.165) is 11.1 Å². The Morgan fingerprint density at radius 3 is 1.81 bits per heavy atom. The fraction of sp³-hybridized carbons (Fsp3) is 0.263. The molecule has 0 radical (unpaired) electrons. The van der Waals surface area contributed by atoms with Crippen LogP contribution in [-0.2, 0) is 4.79 Å². The van der Waals surface area contributed by atoms with Crippen LogP contribution in [0.2, 0.25) is 0 Å². The first-order valence-corrected chi connectivity index (χ1v) is 8.05. The Hall–Kier alpha value is -3.22. The number of hydrogen-bond acceptors (Lipinski definition) is 5. The van der Waals surface area contributed by atoms with Crippen molar-refractivity contribution < 1.29 is 19.6 Å². The molecular formula is C19H19N2O5-. The van der Waals surface area contributed by atoms with Gasteiger partial charge in [-0.25, -0.2) is 0 Å². The molecule has 0 spiro atoms. The lowest BCUT2D eigenvalue weighted by Crippen LogP contribution is -2.51. The molecule has 7 nitrogen and oxygen atoms in total. The van der Waals surface area contributed by atoms with Crippen molar-refractivity contribution in [3.05, 3.63) is 64.2 Å². The number of hydrogen-bond donors (Lipinski definition) is 0. The fourth-order valence-corrected chi connectivity index (χ4v) is 2.79. The molecule has 0 N–H and O–H groups in total. The summed E-state index contributed by atoms with van der Waals surface area (Å²) in [5, 5.41) is 22.0. The predicted molar refractivity (Wildman–Crippen MR) is 94.3 cm³/mol. The Bertz CT molecular complexity index is 813. The maximum atomic E-state index is 12.5. The smallest absolute Gasteiger partial charge is 0.269 e. The summed E-state index contributed by atoms with van der Waals surface area (Å²) >= 11 is 0. The van der Waals surface area contributed by atoms with E-state index in [4.69, 9.17) is 0 Å². The number of nitrogens with zero attached hydrogens (tertiary/aromatic N) is 2. The van der Waals surface area contributed by atoms with Crippen LogP contribution in [0.1, 0.15) is 24.2 Å². The summed E-state index contributed by atoms with van der Waals surface area (Å²) in [6.07, 6.45) is 0. The maximum absolute atomic E-state index is 12.5. The van der Waals surface area contributed by atoms with E-state index in [9.17, 15) is 24.8 Å². The van der Waals surface area contributed by atoms with Gasteiger partial charge in [0.1, 0.15) is 0 Å². The van der Waals surface area contributed by atoms with Gasteiger partial charge < -0.3 is 14.8 Å². The van der Waals surface area contributed by atoms with Crippen molar-refractivity contribution in [1.82, 2.24) is 4.90 Å². The van der Waals surface area contributed by atoms with E-state index in [-0.39, 0.29) is 11.6 Å². The molecule has 0 unspecified atom stereocenters. The molecule has 2 aromatic rings. The Morgan fingerprint density at radius 1 is 0.962 bits per heavy atom. The highest BCUT2D eigenvalue weighted by Crippen LogP contribution is 2.23. The highest BCUT2D eigenvalue weighted by Gasteiger charge is 2.25. The summed E-state index contributed by atoms with van der Waals surface area (Å²) in [5.41, 5.74) is 1.92. The van der Waals surface area contributed by atoms with Crippen LogP contribution in [0.3, 0.4) is 0 Å². The van der Waals surface area contributed by atoms with Crippen LogP contribution in [0.4, 0.5) is 5.69 Å². The largest absolute Gasteiger partial charge is 0.548 e.